The van der Waals surface area contributed by atoms with Gasteiger partial charge in [0.2, 0.25) is 5.91 Å². The van der Waals surface area contributed by atoms with Gasteiger partial charge in [-0.1, -0.05) is 6.07 Å². The molecule has 0 aliphatic heterocycles. The first-order valence-electron chi connectivity index (χ1n) is 7.00. The highest BCUT2D eigenvalue weighted by atomic mass is 16.5. The number of pyridine rings is 1. The van der Waals surface area contributed by atoms with E-state index in [0.29, 0.717) is 18.8 Å². The van der Waals surface area contributed by atoms with Crippen molar-refractivity contribution in [1.29, 1.82) is 0 Å². The standard InChI is InChI=1S/C14H20N4O3/c1-11(2)21-9-5-7-15-13(19)10-18-14(20)17-8-4-3-6-12(17)16-18/h3-4,6,8,11H,5,7,9-10H2,1-2H3,(H,15,19). The summed E-state index contributed by atoms with van der Waals surface area (Å²) < 4.78 is 7.95. The monoisotopic (exact) mass is 292 g/mol. The van der Waals surface area contributed by atoms with E-state index in [2.05, 4.69) is 10.4 Å². The van der Waals surface area contributed by atoms with Gasteiger partial charge in [0.25, 0.3) is 0 Å². The van der Waals surface area contributed by atoms with Crippen molar-refractivity contribution in [3.8, 4) is 0 Å². The topological polar surface area (TPSA) is 77.6 Å². The highest BCUT2D eigenvalue weighted by Gasteiger charge is 2.09. The zero-order valence-corrected chi connectivity index (χ0v) is 12.3. The van der Waals surface area contributed by atoms with Crippen LogP contribution < -0.4 is 11.0 Å². The summed E-state index contributed by atoms with van der Waals surface area (Å²) in [7, 11) is 0. The van der Waals surface area contributed by atoms with Crippen LogP contribution in [0.15, 0.2) is 29.2 Å². The van der Waals surface area contributed by atoms with Crippen molar-refractivity contribution < 1.29 is 9.53 Å². The molecule has 0 fully saturated rings. The fraction of sp³-hybridized carbons (Fsp3) is 0.500. The molecule has 2 aromatic rings. The van der Waals surface area contributed by atoms with Crippen LogP contribution in [0.4, 0.5) is 0 Å². The summed E-state index contributed by atoms with van der Waals surface area (Å²) >= 11 is 0. The quantitative estimate of drug-likeness (QED) is 0.751. The van der Waals surface area contributed by atoms with Crippen LogP contribution in [-0.2, 0) is 16.1 Å². The lowest BCUT2D eigenvalue weighted by molar-refractivity contribution is -0.121. The Labute approximate surface area is 122 Å². The Morgan fingerprint density at radius 1 is 1.43 bits per heavy atom. The van der Waals surface area contributed by atoms with Gasteiger partial charge in [0.1, 0.15) is 6.54 Å². The highest BCUT2D eigenvalue weighted by Crippen LogP contribution is 1.95. The molecule has 0 saturated heterocycles. The molecule has 0 aliphatic carbocycles. The molecule has 7 heteroatoms. The lowest BCUT2D eigenvalue weighted by atomic mass is 10.4. The molecule has 1 amide bonds. The Morgan fingerprint density at radius 3 is 2.95 bits per heavy atom. The molecular weight excluding hydrogens is 272 g/mol. The highest BCUT2D eigenvalue weighted by molar-refractivity contribution is 5.75. The van der Waals surface area contributed by atoms with E-state index in [0.717, 1.165) is 11.1 Å². The van der Waals surface area contributed by atoms with Gasteiger partial charge in [0.15, 0.2) is 5.65 Å². The van der Waals surface area contributed by atoms with Crippen molar-refractivity contribution in [2.75, 3.05) is 13.2 Å². The first-order valence-corrected chi connectivity index (χ1v) is 7.00. The number of aromatic nitrogens is 3. The van der Waals surface area contributed by atoms with E-state index in [-0.39, 0.29) is 24.2 Å². The maximum absolute atomic E-state index is 12.0. The van der Waals surface area contributed by atoms with E-state index in [1.165, 1.54) is 4.40 Å². The second-order valence-electron chi connectivity index (χ2n) is 4.99. The van der Waals surface area contributed by atoms with E-state index in [1.54, 1.807) is 24.4 Å². The third-order valence-corrected chi connectivity index (χ3v) is 2.88. The Kier molecular flexibility index (Phi) is 5.10. The fourth-order valence-electron chi connectivity index (χ4n) is 1.88. The Balaban J connectivity index is 1.84. The molecule has 2 aromatic heterocycles. The normalized spacial score (nSPS) is 11.2. The predicted octanol–water partition coefficient (Wildman–Crippen LogP) is 0.427. The summed E-state index contributed by atoms with van der Waals surface area (Å²) in [5.41, 5.74) is 0.213. The zero-order chi connectivity index (χ0) is 15.2. The van der Waals surface area contributed by atoms with Gasteiger partial charge < -0.3 is 10.1 Å². The molecule has 0 bridgehead atoms. The number of carbonyl (C=O) groups excluding carboxylic acids is 1. The molecule has 0 radical (unpaired) electrons. The maximum atomic E-state index is 12.0. The van der Waals surface area contributed by atoms with Crippen LogP contribution >= 0.6 is 0 Å². The third kappa shape index (κ3) is 4.16. The van der Waals surface area contributed by atoms with Gasteiger partial charge in [-0.25, -0.2) is 9.48 Å². The van der Waals surface area contributed by atoms with Gasteiger partial charge >= 0.3 is 5.69 Å². The summed E-state index contributed by atoms with van der Waals surface area (Å²) in [5.74, 6) is -0.231. The van der Waals surface area contributed by atoms with Crippen molar-refractivity contribution in [1.82, 2.24) is 19.5 Å². The molecular formula is C14H20N4O3. The van der Waals surface area contributed by atoms with Crippen LogP contribution in [-0.4, -0.2) is 39.3 Å². The smallest absolute Gasteiger partial charge is 0.350 e. The minimum atomic E-state index is -0.316. The minimum Gasteiger partial charge on any atom is -0.379 e. The molecule has 1 N–H and O–H groups in total. The van der Waals surface area contributed by atoms with Crippen LogP contribution in [0.3, 0.4) is 0 Å². The second-order valence-corrected chi connectivity index (χ2v) is 4.99. The lowest BCUT2D eigenvalue weighted by Gasteiger charge is -2.08. The van der Waals surface area contributed by atoms with Gasteiger partial charge in [0.05, 0.1) is 6.10 Å². The number of hydrogen-bond acceptors (Lipinski definition) is 4. The van der Waals surface area contributed by atoms with E-state index >= 15 is 0 Å². The largest absolute Gasteiger partial charge is 0.379 e. The summed E-state index contributed by atoms with van der Waals surface area (Å²) in [4.78, 5) is 23.8. The molecule has 0 aromatic carbocycles. The van der Waals surface area contributed by atoms with Crippen molar-refractivity contribution >= 4 is 11.6 Å². The molecule has 2 rings (SSSR count). The minimum absolute atomic E-state index is 0.0778. The molecule has 21 heavy (non-hydrogen) atoms. The average molecular weight is 292 g/mol. The fourth-order valence-corrected chi connectivity index (χ4v) is 1.88. The molecule has 0 aliphatic rings. The van der Waals surface area contributed by atoms with Crippen LogP contribution in [0, 0.1) is 0 Å². The van der Waals surface area contributed by atoms with Crippen molar-refractivity contribution in [3.63, 3.8) is 0 Å². The molecule has 0 unspecified atom stereocenters. The maximum Gasteiger partial charge on any atom is 0.350 e. The zero-order valence-electron chi connectivity index (χ0n) is 12.3. The third-order valence-electron chi connectivity index (χ3n) is 2.88. The number of nitrogens with zero attached hydrogens (tertiary/aromatic N) is 3. The predicted molar refractivity (Wildman–Crippen MR) is 78.2 cm³/mol. The van der Waals surface area contributed by atoms with E-state index < -0.39 is 0 Å². The number of nitrogens with one attached hydrogen (secondary N) is 1. The number of ether oxygens (including phenoxy) is 1. The van der Waals surface area contributed by atoms with Crippen molar-refractivity contribution in [2.24, 2.45) is 0 Å². The second kappa shape index (κ2) is 7.03. The SMILES string of the molecule is CC(C)OCCCNC(=O)Cn1nc2ccccn2c1=O. The first-order chi connectivity index (χ1) is 10.1. The first kappa shape index (κ1) is 15.2. The lowest BCUT2D eigenvalue weighted by Crippen LogP contribution is -2.33. The molecule has 114 valence electrons. The molecule has 0 atom stereocenters. The number of carbonyl (C=O) groups is 1. The number of amides is 1. The Morgan fingerprint density at radius 2 is 2.24 bits per heavy atom. The number of hydrogen-bond donors (Lipinski definition) is 1. The van der Waals surface area contributed by atoms with Gasteiger partial charge in [-0.3, -0.25) is 9.20 Å². The molecule has 7 nitrogen and oxygen atoms in total. The Hall–Kier alpha value is -2.15. The molecule has 0 saturated carbocycles. The number of fused-ring (bicyclic) bond motifs is 1. The van der Waals surface area contributed by atoms with Crippen LogP contribution in [0.25, 0.3) is 5.65 Å². The van der Waals surface area contributed by atoms with Crippen LogP contribution in [0.2, 0.25) is 0 Å². The van der Waals surface area contributed by atoms with E-state index in [9.17, 15) is 9.59 Å². The summed E-state index contributed by atoms with van der Waals surface area (Å²) in [5, 5.41) is 6.85. The summed E-state index contributed by atoms with van der Waals surface area (Å²) in [6.45, 7) is 4.98. The molecule has 2 heterocycles. The van der Waals surface area contributed by atoms with Crippen molar-refractivity contribution in [2.45, 2.75) is 32.9 Å². The van der Waals surface area contributed by atoms with Gasteiger partial charge in [-0.2, -0.15) is 0 Å². The van der Waals surface area contributed by atoms with Gasteiger partial charge in [-0.05, 0) is 32.4 Å². The Bertz CT molecular complexity index is 660. The average Bonchev–Trinajstić information content (AvgIpc) is 2.75. The molecule has 0 spiro atoms. The van der Waals surface area contributed by atoms with E-state index in [1.807, 2.05) is 13.8 Å². The van der Waals surface area contributed by atoms with Gasteiger partial charge in [0, 0.05) is 19.3 Å². The van der Waals surface area contributed by atoms with E-state index in [4.69, 9.17) is 4.74 Å². The number of rotatable bonds is 7. The van der Waals surface area contributed by atoms with Crippen molar-refractivity contribution in [3.05, 3.63) is 34.9 Å². The summed E-state index contributed by atoms with van der Waals surface area (Å²) in [6.07, 6.45) is 2.56. The summed E-state index contributed by atoms with van der Waals surface area (Å²) in [6, 6.07) is 5.26. The van der Waals surface area contributed by atoms with Crippen LogP contribution in [0.1, 0.15) is 20.3 Å². The van der Waals surface area contributed by atoms with Crippen LogP contribution in [0.5, 0.6) is 0 Å². The van der Waals surface area contributed by atoms with Gasteiger partial charge in [-0.15, -0.1) is 5.10 Å².